The molecule has 0 radical (unpaired) electrons. The molecule has 1 N–H and O–H groups in total. The molecule has 6 aromatic rings. The fourth-order valence-corrected chi connectivity index (χ4v) is 9.57. The van der Waals surface area contributed by atoms with Crippen molar-refractivity contribution in [2.24, 2.45) is 0 Å². The maximum absolute atomic E-state index is 2.49. The molecule has 6 aromatic carbocycles. The predicted molar refractivity (Wildman–Crippen MR) is 217 cm³/mol. The summed E-state index contributed by atoms with van der Waals surface area (Å²) in [5.41, 5.74) is 12.2. The van der Waals surface area contributed by atoms with E-state index in [0.717, 1.165) is 12.8 Å². The van der Waals surface area contributed by atoms with Crippen LogP contribution in [0.3, 0.4) is 0 Å². The van der Waals surface area contributed by atoms with E-state index in [1.54, 1.807) is 0 Å². The first kappa shape index (κ1) is 33.0. The zero-order valence-corrected chi connectivity index (χ0v) is 30.9. The highest BCUT2D eigenvalue weighted by Gasteiger charge is 2.50. The summed E-state index contributed by atoms with van der Waals surface area (Å²) in [5.74, 6) is 0. The van der Waals surface area contributed by atoms with Gasteiger partial charge in [0, 0.05) is 29.4 Å². The third kappa shape index (κ3) is 5.45. The molecule has 0 saturated carbocycles. The minimum absolute atomic E-state index is 0.0737. The normalized spacial score (nSPS) is 23.6. The molecule has 0 fully saturated rings. The first-order valence-electron chi connectivity index (χ1n) is 18.5. The Labute approximate surface area is 304 Å². The highest BCUT2D eigenvalue weighted by Crippen LogP contribution is 2.52. The fraction of sp³-hybridized carbons (Fsp3) is 0.224. The number of allylic oxidation sites excluding steroid dienone is 5. The van der Waals surface area contributed by atoms with Crippen LogP contribution in [0.4, 0.5) is 11.4 Å². The van der Waals surface area contributed by atoms with Gasteiger partial charge in [-0.05, 0) is 120 Å². The zero-order chi connectivity index (χ0) is 35.3. The van der Waals surface area contributed by atoms with E-state index in [-0.39, 0.29) is 16.9 Å². The largest absolute Gasteiger partial charge is 0.347 e. The molecule has 0 spiro atoms. The van der Waals surface area contributed by atoms with Gasteiger partial charge in [0.05, 0.1) is 12.5 Å². The number of nitrogens with zero attached hydrogens (tertiary/aromatic N) is 1. The molecule has 2 nitrogen and oxygen atoms in total. The lowest BCUT2D eigenvalue weighted by atomic mass is 9.71. The Kier molecular flexibility index (Phi) is 8.32. The number of anilines is 1. The fourth-order valence-electron chi connectivity index (χ4n) is 9.57. The monoisotopic (exact) mass is 665 g/mol. The van der Waals surface area contributed by atoms with E-state index in [1.165, 1.54) is 76.9 Å². The zero-order valence-electron chi connectivity index (χ0n) is 30.9. The van der Waals surface area contributed by atoms with Gasteiger partial charge in [-0.25, -0.2) is 0 Å². The van der Waals surface area contributed by atoms with Gasteiger partial charge in [-0.1, -0.05) is 121 Å². The van der Waals surface area contributed by atoms with E-state index < -0.39 is 0 Å². The molecular formula is C49H49N2+. The van der Waals surface area contributed by atoms with Gasteiger partial charge in [0.2, 0.25) is 0 Å². The molecule has 4 unspecified atom stereocenters. The van der Waals surface area contributed by atoms with E-state index in [0.29, 0.717) is 0 Å². The molecule has 0 aromatic heterocycles. The van der Waals surface area contributed by atoms with Crippen LogP contribution in [-0.4, -0.2) is 20.1 Å². The second-order valence-corrected chi connectivity index (χ2v) is 15.4. The first-order chi connectivity index (χ1) is 24.7. The van der Waals surface area contributed by atoms with Crippen LogP contribution in [0.5, 0.6) is 0 Å². The molecule has 0 saturated heterocycles. The minimum atomic E-state index is -0.185. The van der Waals surface area contributed by atoms with Gasteiger partial charge in [0.15, 0.2) is 0 Å². The second kappa shape index (κ2) is 12.9. The number of fused-ring (bicyclic) bond motifs is 6. The maximum Gasteiger partial charge on any atom is 0.136 e. The Bertz CT molecular complexity index is 2380. The Balaban J connectivity index is 1.17. The number of nitrogens with one attached hydrogen (secondary N) is 1. The van der Waals surface area contributed by atoms with Crippen molar-refractivity contribution in [2.75, 3.05) is 19.0 Å². The molecule has 0 bridgehead atoms. The van der Waals surface area contributed by atoms with Crippen molar-refractivity contribution in [3.05, 3.63) is 191 Å². The SMILES string of the molecule is Cc1ccccc1CC1(C)\C(=C/C=C/C=C/C2[NH+](C)c3ccc4ccccc4c3C2(C)Cc2ccccc2C)N(C)c2ccc3ccccc3c21. The van der Waals surface area contributed by atoms with E-state index in [9.17, 15) is 0 Å². The molecule has 0 aliphatic carbocycles. The van der Waals surface area contributed by atoms with E-state index in [1.807, 2.05) is 0 Å². The number of likely N-dealkylation sites (N-methyl/N-ethyl adjacent to an activating group) is 2. The molecule has 51 heavy (non-hydrogen) atoms. The summed E-state index contributed by atoms with van der Waals surface area (Å²) in [6.45, 7) is 9.43. The van der Waals surface area contributed by atoms with E-state index >= 15 is 0 Å². The van der Waals surface area contributed by atoms with Crippen LogP contribution >= 0.6 is 0 Å². The molecule has 2 aliphatic heterocycles. The third-order valence-electron chi connectivity index (χ3n) is 12.2. The van der Waals surface area contributed by atoms with Crippen LogP contribution in [0.2, 0.25) is 0 Å². The maximum atomic E-state index is 2.49. The highest BCUT2D eigenvalue weighted by molar-refractivity contribution is 5.95. The van der Waals surface area contributed by atoms with Crippen molar-refractivity contribution in [3.63, 3.8) is 0 Å². The summed E-state index contributed by atoms with van der Waals surface area (Å²) in [6, 6.07) is 45.1. The number of rotatable bonds is 7. The van der Waals surface area contributed by atoms with Crippen molar-refractivity contribution >= 4 is 32.9 Å². The number of hydrogen-bond acceptors (Lipinski definition) is 1. The molecule has 2 heteroatoms. The van der Waals surface area contributed by atoms with Crippen LogP contribution in [0, 0.1) is 13.8 Å². The molecule has 2 aliphatic rings. The van der Waals surface area contributed by atoms with Crippen LogP contribution < -0.4 is 9.80 Å². The van der Waals surface area contributed by atoms with Crippen LogP contribution in [0.15, 0.2) is 157 Å². The summed E-state index contributed by atoms with van der Waals surface area (Å²) in [5, 5.41) is 5.34. The standard InChI is InChI=1S/C49H48N2/c1-34-18-10-12-22-38(34)32-48(3)44(50(5)42-30-28-36-20-14-16-24-40(36)46(42)48)26-8-7-9-27-45-49(4,33-39-23-13-11-19-35(39)2)47-41-25-17-15-21-37(41)29-31-43(47)51(45)6/h7-31,44H,32-33H2,1-6H3/p+1/b9-7+,26-8+,45-27+. The number of benzene rings is 6. The van der Waals surface area contributed by atoms with Gasteiger partial charge in [0.1, 0.15) is 11.7 Å². The molecule has 4 atom stereocenters. The third-order valence-corrected chi connectivity index (χ3v) is 12.2. The Hall–Kier alpha value is -5.18. The van der Waals surface area contributed by atoms with E-state index in [4.69, 9.17) is 0 Å². The number of quaternary nitrogens is 1. The van der Waals surface area contributed by atoms with Crippen molar-refractivity contribution in [3.8, 4) is 0 Å². The van der Waals surface area contributed by atoms with Crippen LogP contribution in [0.1, 0.15) is 47.2 Å². The van der Waals surface area contributed by atoms with Crippen LogP contribution in [0.25, 0.3) is 21.5 Å². The lowest BCUT2D eigenvalue weighted by molar-refractivity contribution is -0.828. The Morgan fingerprint density at radius 3 is 1.86 bits per heavy atom. The van der Waals surface area contributed by atoms with Gasteiger partial charge < -0.3 is 4.90 Å². The lowest BCUT2D eigenvalue weighted by Crippen LogP contribution is -3.07. The van der Waals surface area contributed by atoms with Crippen molar-refractivity contribution < 1.29 is 4.90 Å². The van der Waals surface area contributed by atoms with Crippen LogP contribution in [-0.2, 0) is 23.7 Å². The molecular weight excluding hydrogens is 617 g/mol. The average molecular weight is 666 g/mol. The molecule has 254 valence electrons. The van der Waals surface area contributed by atoms with Crippen molar-refractivity contribution in [1.29, 1.82) is 0 Å². The minimum Gasteiger partial charge on any atom is -0.347 e. The number of aryl methyl sites for hydroxylation is 2. The van der Waals surface area contributed by atoms with Gasteiger partial charge in [-0.2, -0.15) is 0 Å². The van der Waals surface area contributed by atoms with Crippen molar-refractivity contribution in [2.45, 2.75) is 57.4 Å². The average Bonchev–Trinajstić information content (AvgIpc) is 3.49. The van der Waals surface area contributed by atoms with Gasteiger partial charge in [-0.15, -0.1) is 0 Å². The predicted octanol–water partition coefficient (Wildman–Crippen LogP) is 10.3. The summed E-state index contributed by atoms with van der Waals surface area (Å²) >= 11 is 0. The quantitative estimate of drug-likeness (QED) is 0.167. The summed E-state index contributed by atoms with van der Waals surface area (Å²) < 4.78 is 0. The summed E-state index contributed by atoms with van der Waals surface area (Å²) in [6.07, 6.45) is 13.6. The molecule has 2 heterocycles. The molecule has 0 amide bonds. The topological polar surface area (TPSA) is 7.68 Å². The van der Waals surface area contributed by atoms with Crippen molar-refractivity contribution in [1.82, 2.24) is 0 Å². The smallest absolute Gasteiger partial charge is 0.136 e. The van der Waals surface area contributed by atoms with Gasteiger partial charge >= 0.3 is 0 Å². The lowest BCUT2D eigenvalue weighted by Gasteiger charge is -2.31. The highest BCUT2D eigenvalue weighted by atomic mass is 15.2. The second-order valence-electron chi connectivity index (χ2n) is 15.4. The summed E-state index contributed by atoms with van der Waals surface area (Å²) in [4.78, 5) is 3.88. The van der Waals surface area contributed by atoms with E-state index in [2.05, 4.69) is 198 Å². The first-order valence-corrected chi connectivity index (χ1v) is 18.5. The van der Waals surface area contributed by atoms with Gasteiger partial charge in [0.25, 0.3) is 0 Å². The summed E-state index contributed by atoms with van der Waals surface area (Å²) in [7, 11) is 4.59. The Morgan fingerprint density at radius 2 is 1.20 bits per heavy atom. The molecule has 8 rings (SSSR count). The number of hydrogen-bond donors (Lipinski definition) is 1. The Morgan fingerprint density at radius 1 is 0.627 bits per heavy atom. The van der Waals surface area contributed by atoms with Gasteiger partial charge in [-0.3, -0.25) is 4.90 Å².